The molecule has 2 aromatic carbocycles. The third kappa shape index (κ3) is 4.71. The predicted octanol–water partition coefficient (Wildman–Crippen LogP) is 4.21. The summed E-state index contributed by atoms with van der Waals surface area (Å²) in [5, 5.41) is 10.5. The number of halogens is 1. The Labute approximate surface area is 156 Å². The SMILES string of the molecule is C=CCOc1ccc(C(=O)N(C)C(C)C(O)c2ccccc2)cc1Br. The van der Waals surface area contributed by atoms with E-state index >= 15 is 0 Å². The first-order valence-corrected chi connectivity index (χ1v) is 8.78. The average Bonchev–Trinajstić information content (AvgIpc) is 2.65. The first kappa shape index (κ1) is 19.2. The van der Waals surface area contributed by atoms with E-state index in [4.69, 9.17) is 4.74 Å². The Morgan fingerprint density at radius 2 is 2.00 bits per heavy atom. The minimum absolute atomic E-state index is 0.168. The molecule has 5 heteroatoms. The molecule has 0 fully saturated rings. The Morgan fingerprint density at radius 1 is 1.32 bits per heavy atom. The van der Waals surface area contributed by atoms with Crippen LogP contribution < -0.4 is 4.74 Å². The number of rotatable bonds is 7. The standard InChI is InChI=1S/C20H22BrNO3/c1-4-12-25-18-11-10-16(13-17(18)21)20(24)22(3)14(2)19(23)15-8-6-5-7-9-15/h4-11,13-14,19,23H,1,12H2,2-3H3. The molecule has 0 heterocycles. The lowest BCUT2D eigenvalue weighted by Crippen LogP contribution is -2.39. The zero-order chi connectivity index (χ0) is 18.4. The molecule has 2 rings (SSSR count). The number of hydrogen-bond acceptors (Lipinski definition) is 3. The van der Waals surface area contributed by atoms with Gasteiger partial charge in [-0.2, -0.15) is 0 Å². The van der Waals surface area contributed by atoms with Gasteiger partial charge in [-0.15, -0.1) is 0 Å². The van der Waals surface area contributed by atoms with Crippen molar-refractivity contribution in [2.75, 3.05) is 13.7 Å². The molecule has 4 nitrogen and oxygen atoms in total. The molecule has 0 aliphatic heterocycles. The third-order valence-electron chi connectivity index (χ3n) is 4.06. The first-order chi connectivity index (χ1) is 12.0. The molecule has 0 aliphatic rings. The van der Waals surface area contributed by atoms with Crippen LogP contribution in [-0.4, -0.2) is 35.6 Å². The summed E-state index contributed by atoms with van der Waals surface area (Å²) in [5.41, 5.74) is 1.30. The van der Waals surface area contributed by atoms with Crippen molar-refractivity contribution < 1.29 is 14.6 Å². The second-order valence-corrected chi connectivity index (χ2v) is 6.61. The van der Waals surface area contributed by atoms with Gasteiger partial charge < -0.3 is 14.7 Å². The molecule has 2 aromatic rings. The van der Waals surface area contributed by atoms with Crippen LogP contribution in [0.2, 0.25) is 0 Å². The van der Waals surface area contributed by atoms with Crippen molar-refractivity contribution >= 4 is 21.8 Å². The topological polar surface area (TPSA) is 49.8 Å². The van der Waals surface area contributed by atoms with Crippen LogP contribution in [0.15, 0.2) is 65.7 Å². The number of carbonyl (C=O) groups excluding carboxylic acids is 1. The predicted molar refractivity (Wildman–Crippen MR) is 103 cm³/mol. The summed E-state index contributed by atoms with van der Waals surface area (Å²) < 4.78 is 6.19. The summed E-state index contributed by atoms with van der Waals surface area (Å²) in [4.78, 5) is 14.3. The molecule has 132 valence electrons. The number of ether oxygens (including phenoxy) is 1. The number of likely N-dealkylation sites (N-methyl/N-ethyl adjacent to an activating group) is 1. The van der Waals surface area contributed by atoms with Crippen LogP contribution in [0.1, 0.15) is 28.9 Å². The van der Waals surface area contributed by atoms with Crippen LogP contribution >= 0.6 is 15.9 Å². The second kappa shape index (κ2) is 8.83. The van der Waals surface area contributed by atoms with E-state index in [0.717, 1.165) is 5.56 Å². The van der Waals surface area contributed by atoms with Gasteiger partial charge in [0.05, 0.1) is 16.6 Å². The second-order valence-electron chi connectivity index (χ2n) is 5.76. The van der Waals surface area contributed by atoms with Crippen LogP contribution in [0.3, 0.4) is 0 Å². The maximum Gasteiger partial charge on any atom is 0.253 e. The fourth-order valence-corrected chi connectivity index (χ4v) is 2.92. The van der Waals surface area contributed by atoms with E-state index in [1.54, 1.807) is 36.2 Å². The maximum atomic E-state index is 12.7. The minimum atomic E-state index is -0.756. The summed E-state index contributed by atoms with van der Waals surface area (Å²) in [7, 11) is 1.69. The highest BCUT2D eigenvalue weighted by atomic mass is 79.9. The lowest BCUT2D eigenvalue weighted by atomic mass is 10.0. The van der Waals surface area contributed by atoms with Crippen molar-refractivity contribution in [3.63, 3.8) is 0 Å². The number of carbonyl (C=O) groups is 1. The molecule has 1 N–H and O–H groups in total. The normalized spacial score (nSPS) is 13.0. The number of aliphatic hydroxyl groups excluding tert-OH is 1. The van der Waals surface area contributed by atoms with Crippen LogP contribution in [0.25, 0.3) is 0 Å². The fraction of sp³-hybridized carbons (Fsp3) is 0.250. The zero-order valence-corrected chi connectivity index (χ0v) is 15.9. The van der Waals surface area contributed by atoms with E-state index in [0.29, 0.717) is 22.4 Å². The Bertz CT molecular complexity index is 733. The molecule has 0 spiro atoms. The molecule has 2 unspecified atom stereocenters. The highest BCUT2D eigenvalue weighted by molar-refractivity contribution is 9.10. The molecule has 0 bridgehead atoms. The lowest BCUT2D eigenvalue weighted by Gasteiger charge is -2.29. The number of aliphatic hydroxyl groups is 1. The van der Waals surface area contributed by atoms with Gasteiger partial charge in [0.25, 0.3) is 5.91 Å². The van der Waals surface area contributed by atoms with Crippen molar-refractivity contribution in [1.82, 2.24) is 4.90 Å². The van der Waals surface area contributed by atoms with Gasteiger partial charge in [-0.3, -0.25) is 4.79 Å². The number of benzene rings is 2. The quantitative estimate of drug-likeness (QED) is 0.704. The third-order valence-corrected chi connectivity index (χ3v) is 4.68. The van der Waals surface area contributed by atoms with Crippen molar-refractivity contribution in [2.45, 2.75) is 19.1 Å². The molecule has 0 aliphatic carbocycles. The molecule has 2 atom stereocenters. The van der Waals surface area contributed by atoms with E-state index in [1.165, 1.54) is 0 Å². The van der Waals surface area contributed by atoms with E-state index in [1.807, 2.05) is 37.3 Å². The Kier molecular flexibility index (Phi) is 6.79. The summed E-state index contributed by atoms with van der Waals surface area (Å²) >= 11 is 3.42. The van der Waals surface area contributed by atoms with Gasteiger partial charge in [-0.05, 0) is 46.6 Å². The molecule has 0 saturated carbocycles. The van der Waals surface area contributed by atoms with Crippen molar-refractivity contribution in [2.24, 2.45) is 0 Å². The average molecular weight is 404 g/mol. The molecule has 0 radical (unpaired) electrons. The minimum Gasteiger partial charge on any atom is -0.488 e. The van der Waals surface area contributed by atoms with Crippen LogP contribution in [0.5, 0.6) is 5.75 Å². The van der Waals surface area contributed by atoms with Gasteiger partial charge in [0.15, 0.2) is 0 Å². The van der Waals surface area contributed by atoms with Gasteiger partial charge in [-0.1, -0.05) is 43.0 Å². The van der Waals surface area contributed by atoms with E-state index < -0.39 is 6.10 Å². The number of amides is 1. The van der Waals surface area contributed by atoms with Gasteiger partial charge >= 0.3 is 0 Å². The van der Waals surface area contributed by atoms with Crippen LogP contribution in [0.4, 0.5) is 0 Å². The number of nitrogens with zero attached hydrogens (tertiary/aromatic N) is 1. The Hall–Kier alpha value is -2.11. The largest absolute Gasteiger partial charge is 0.488 e. The van der Waals surface area contributed by atoms with Gasteiger partial charge in [0, 0.05) is 12.6 Å². The number of hydrogen-bond donors (Lipinski definition) is 1. The monoisotopic (exact) mass is 403 g/mol. The molecular weight excluding hydrogens is 382 g/mol. The van der Waals surface area contributed by atoms with Crippen molar-refractivity contribution in [3.05, 3.63) is 76.8 Å². The van der Waals surface area contributed by atoms with Crippen LogP contribution in [-0.2, 0) is 0 Å². The van der Waals surface area contributed by atoms with Crippen LogP contribution in [0, 0.1) is 0 Å². The molecule has 25 heavy (non-hydrogen) atoms. The maximum absolute atomic E-state index is 12.7. The van der Waals surface area contributed by atoms with Crippen molar-refractivity contribution in [1.29, 1.82) is 0 Å². The molecule has 0 aromatic heterocycles. The Balaban J connectivity index is 2.13. The highest BCUT2D eigenvalue weighted by Crippen LogP contribution is 2.27. The molecule has 0 saturated heterocycles. The lowest BCUT2D eigenvalue weighted by molar-refractivity contribution is 0.0487. The summed E-state index contributed by atoms with van der Waals surface area (Å²) in [6.07, 6.45) is 0.903. The van der Waals surface area contributed by atoms with E-state index in [-0.39, 0.29) is 11.9 Å². The summed E-state index contributed by atoms with van der Waals surface area (Å²) in [6.45, 7) is 5.83. The summed E-state index contributed by atoms with van der Waals surface area (Å²) in [5.74, 6) is 0.481. The highest BCUT2D eigenvalue weighted by Gasteiger charge is 2.25. The fourth-order valence-electron chi connectivity index (χ4n) is 2.43. The van der Waals surface area contributed by atoms with Gasteiger partial charge in [0.2, 0.25) is 0 Å². The zero-order valence-electron chi connectivity index (χ0n) is 14.4. The van der Waals surface area contributed by atoms with E-state index in [2.05, 4.69) is 22.5 Å². The first-order valence-electron chi connectivity index (χ1n) is 7.99. The smallest absolute Gasteiger partial charge is 0.253 e. The van der Waals surface area contributed by atoms with Crippen molar-refractivity contribution in [3.8, 4) is 5.75 Å². The summed E-state index contributed by atoms with van der Waals surface area (Å²) in [6, 6.07) is 14.1. The molecule has 1 amide bonds. The van der Waals surface area contributed by atoms with Gasteiger partial charge in [-0.25, -0.2) is 0 Å². The van der Waals surface area contributed by atoms with Gasteiger partial charge in [0.1, 0.15) is 12.4 Å². The Morgan fingerprint density at radius 3 is 2.60 bits per heavy atom. The van der Waals surface area contributed by atoms with E-state index in [9.17, 15) is 9.90 Å². The molecular formula is C20H22BrNO3.